The molecule has 0 aromatic heterocycles. The molecule has 4 aromatic rings. The van der Waals surface area contributed by atoms with Crippen LogP contribution in [0.5, 0.6) is 0 Å². The van der Waals surface area contributed by atoms with E-state index >= 15 is 0 Å². The van der Waals surface area contributed by atoms with Gasteiger partial charge in [0.1, 0.15) is 12.2 Å². The van der Waals surface area contributed by atoms with Crippen LogP contribution < -0.4 is 0 Å². The second-order valence-electron chi connectivity index (χ2n) is 7.77. The van der Waals surface area contributed by atoms with Gasteiger partial charge in [-0.15, -0.1) is 0 Å². The predicted molar refractivity (Wildman–Crippen MR) is 128 cm³/mol. The molecule has 2 atom stereocenters. The van der Waals surface area contributed by atoms with E-state index < -0.39 is 24.1 Å². The highest BCUT2D eigenvalue weighted by molar-refractivity contribution is 6.03. The minimum atomic E-state index is -1.41. The standard InChI is InChI=1S/C28H22O6/c29-25(17-9-2-1-3-10-17)26(30)23-16-8-15-19(18-11-4-6-13-21(18)27(31)32)24(23)20-12-5-7-14-22(20)28(33)34/h1-16,25-26,29-30H,(H,31,32)(H,33,34). The van der Waals surface area contributed by atoms with Gasteiger partial charge in [-0.05, 0) is 45.5 Å². The second kappa shape index (κ2) is 9.70. The zero-order valence-electron chi connectivity index (χ0n) is 18.0. The van der Waals surface area contributed by atoms with Crippen molar-refractivity contribution in [2.45, 2.75) is 12.2 Å². The molecule has 0 aliphatic heterocycles. The van der Waals surface area contributed by atoms with Crippen LogP contribution in [0.15, 0.2) is 97.1 Å². The maximum Gasteiger partial charge on any atom is 0.336 e. The van der Waals surface area contributed by atoms with Gasteiger partial charge in [0, 0.05) is 0 Å². The third-order valence-corrected chi connectivity index (χ3v) is 5.73. The van der Waals surface area contributed by atoms with Gasteiger partial charge in [0.15, 0.2) is 0 Å². The van der Waals surface area contributed by atoms with Crippen molar-refractivity contribution in [2.75, 3.05) is 0 Å². The Bertz CT molecular complexity index is 1350. The first kappa shape index (κ1) is 22.9. The first-order chi connectivity index (χ1) is 16.4. The summed E-state index contributed by atoms with van der Waals surface area (Å²) in [5, 5.41) is 41.8. The molecule has 0 radical (unpaired) electrons. The van der Waals surface area contributed by atoms with E-state index in [1.54, 1.807) is 84.9 Å². The summed E-state index contributed by atoms with van der Waals surface area (Å²) in [5.41, 5.74) is 2.25. The van der Waals surface area contributed by atoms with Crippen molar-refractivity contribution < 1.29 is 30.0 Å². The van der Waals surface area contributed by atoms with Crippen molar-refractivity contribution >= 4 is 11.9 Å². The lowest BCUT2D eigenvalue weighted by Crippen LogP contribution is -2.13. The molecule has 0 aliphatic carbocycles. The van der Waals surface area contributed by atoms with E-state index in [2.05, 4.69) is 0 Å². The molecule has 4 N–H and O–H groups in total. The highest BCUT2D eigenvalue weighted by Crippen LogP contribution is 2.43. The quantitative estimate of drug-likeness (QED) is 0.306. The summed E-state index contributed by atoms with van der Waals surface area (Å²) in [7, 11) is 0. The topological polar surface area (TPSA) is 115 Å². The third-order valence-electron chi connectivity index (χ3n) is 5.73. The van der Waals surface area contributed by atoms with Crippen LogP contribution in [0.1, 0.15) is 44.1 Å². The van der Waals surface area contributed by atoms with E-state index in [0.717, 1.165) is 0 Å². The predicted octanol–water partition coefficient (Wildman–Crippen LogP) is 5.18. The number of carboxylic acid groups (broad SMARTS) is 2. The number of aromatic carboxylic acids is 2. The van der Waals surface area contributed by atoms with Gasteiger partial charge in [0.2, 0.25) is 0 Å². The van der Waals surface area contributed by atoms with Gasteiger partial charge in [0.25, 0.3) is 0 Å². The maximum atomic E-state index is 12.0. The molecule has 0 bridgehead atoms. The fourth-order valence-corrected chi connectivity index (χ4v) is 4.14. The van der Waals surface area contributed by atoms with Crippen LogP contribution in [0.25, 0.3) is 22.3 Å². The number of carbonyl (C=O) groups is 2. The molecule has 34 heavy (non-hydrogen) atoms. The molecule has 0 saturated carbocycles. The van der Waals surface area contributed by atoms with Crippen molar-refractivity contribution in [1.29, 1.82) is 0 Å². The minimum Gasteiger partial charge on any atom is -0.478 e. The average molecular weight is 454 g/mol. The Balaban J connectivity index is 2.02. The summed E-state index contributed by atoms with van der Waals surface area (Å²) in [6.45, 7) is 0. The fraction of sp³-hybridized carbons (Fsp3) is 0.0714. The molecule has 6 heteroatoms. The van der Waals surface area contributed by atoms with Crippen LogP contribution in [0, 0.1) is 0 Å². The van der Waals surface area contributed by atoms with Gasteiger partial charge in [-0.1, -0.05) is 84.9 Å². The number of benzene rings is 4. The van der Waals surface area contributed by atoms with E-state index in [-0.39, 0.29) is 16.7 Å². The second-order valence-corrected chi connectivity index (χ2v) is 7.77. The summed E-state index contributed by atoms with van der Waals surface area (Å²) in [6.07, 6.45) is -2.70. The van der Waals surface area contributed by atoms with Crippen LogP contribution in [0.2, 0.25) is 0 Å². The van der Waals surface area contributed by atoms with Crippen LogP contribution >= 0.6 is 0 Å². The van der Waals surface area contributed by atoms with E-state index in [9.17, 15) is 30.0 Å². The van der Waals surface area contributed by atoms with E-state index in [1.165, 1.54) is 12.1 Å². The van der Waals surface area contributed by atoms with Crippen molar-refractivity contribution in [3.8, 4) is 22.3 Å². The summed E-state index contributed by atoms with van der Waals surface area (Å²) in [4.78, 5) is 24.0. The monoisotopic (exact) mass is 454 g/mol. The Morgan fingerprint density at radius 2 is 1.03 bits per heavy atom. The molecule has 0 spiro atoms. The van der Waals surface area contributed by atoms with Gasteiger partial charge in [-0.25, -0.2) is 9.59 Å². The van der Waals surface area contributed by atoms with Gasteiger partial charge < -0.3 is 20.4 Å². The van der Waals surface area contributed by atoms with Gasteiger partial charge in [0.05, 0.1) is 11.1 Å². The minimum absolute atomic E-state index is 0.00888. The SMILES string of the molecule is O=C(O)c1ccccc1-c1cccc(C(O)C(O)c2ccccc2)c1-c1ccccc1C(=O)O. The Morgan fingerprint density at radius 1 is 0.529 bits per heavy atom. The number of hydrogen-bond acceptors (Lipinski definition) is 4. The van der Waals surface area contributed by atoms with E-state index in [0.29, 0.717) is 27.8 Å². The molecule has 170 valence electrons. The van der Waals surface area contributed by atoms with Crippen molar-refractivity contribution in [3.63, 3.8) is 0 Å². The number of hydrogen-bond donors (Lipinski definition) is 4. The maximum absolute atomic E-state index is 12.0. The number of aliphatic hydroxyl groups excluding tert-OH is 2. The summed E-state index contributed by atoms with van der Waals surface area (Å²) < 4.78 is 0. The molecule has 0 heterocycles. The van der Waals surface area contributed by atoms with Crippen molar-refractivity contribution in [2.24, 2.45) is 0 Å². The third kappa shape index (κ3) is 4.32. The van der Waals surface area contributed by atoms with Crippen LogP contribution in [-0.2, 0) is 0 Å². The highest BCUT2D eigenvalue weighted by atomic mass is 16.4. The molecule has 0 amide bonds. The number of carboxylic acids is 2. The summed E-state index contributed by atoms with van der Waals surface area (Å²) in [5.74, 6) is -2.30. The van der Waals surface area contributed by atoms with E-state index in [4.69, 9.17) is 0 Å². The molecule has 0 saturated heterocycles. The molecule has 0 fully saturated rings. The van der Waals surface area contributed by atoms with Crippen LogP contribution in [0.3, 0.4) is 0 Å². The lowest BCUT2D eigenvalue weighted by atomic mass is 9.83. The summed E-state index contributed by atoms with van der Waals surface area (Å²) >= 11 is 0. The molecular formula is C28H22O6. The van der Waals surface area contributed by atoms with Gasteiger partial charge >= 0.3 is 11.9 Å². The zero-order chi connectivity index (χ0) is 24.2. The largest absolute Gasteiger partial charge is 0.478 e. The van der Waals surface area contributed by atoms with E-state index in [1.807, 2.05) is 0 Å². The lowest BCUT2D eigenvalue weighted by molar-refractivity contribution is 0.0176. The van der Waals surface area contributed by atoms with Gasteiger partial charge in [-0.3, -0.25) is 0 Å². The van der Waals surface area contributed by atoms with Crippen molar-refractivity contribution in [3.05, 3.63) is 119 Å². The molecule has 2 unspecified atom stereocenters. The van der Waals surface area contributed by atoms with Gasteiger partial charge in [-0.2, -0.15) is 0 Å². The Kier molecular flexibility index (Phi) is 6.54. The first-order valence-corrected chi connectivity index (χ1v) is 10.6. The average Bonchev–Trinajstić information content (AvgIpc) is 2.87. The van der Waals surface area contributed by atoms with Crippen molar-refractivity contribution in [1.82, 2.24) is 0 Å². The number of rotatable bonds is 7. The molecule has 4 rings (SSSR count). The Morgan fingerprint density at radius 3 is 1.65 bits per heavy atom. The molecule has 6 nitrogen and oxygen atoms in total. The van der Waals surface area contributed by atoms with Crippen LogP contribution in [0.4, 0.5) is 0 Å². The molecular weight excluding hydrogens is 432 g/mol. The lowest BCUT2D eigenvalue weighted by Gasteiger charge is -2.24. The first-order valence-electron chi connectivity index (χ1n) is 10.6. The summed E-state index contributed by atoms with van der Waals surface area (Å²) in [6, 6.07) is 26.3. The smallest absolute Gasteiger partial charge is 0.336 e. The van der Waals surface area contributed by atoms with Crippen LogP contribution in [-0.4, -0.2) is 32.4 Å². The fourth-order valence-electron chi connectivity index (χ4n) is 4.14. The number of aliphatic hydroxyl groups is 2. The zero-order valence-corrected chi connectivity index (χ0v) is 18.0. The Labute approximate surface area is 196 Å². The molecule has 0 aliphatic rings. The normalized spacial score (nSPS) is 12.6. The molecule has 4 aromatic carbocycles. The Hall–Kier alpha value is -4.26. The highest BCUT2D eigenvalue weighted by Gasteiger charge is 2.27.